The van der Waals surface area contributed by atoms with E-state index in [1.807, 2.05) is 0 Å². The van der Waals surface area contributed by atoms with Crippen LogP contribution in [0.3, 0.4) is 0 Å². The quantitative estimate of drug-likeness (QED) is 0.858. The second kappa shape index (κ2) is 4.94. The Hall–Kier alpha value is -1.62. The van der Waals surface area contributed by atoms with Crippen molar-refractivity contribution in [3.05, 3.63) is 23.4 Å². The van der Waals surface area contributed by atoms with Crippen molar-refractivity contribution in [1.82, 2.24) is 4.98 Å². The van der Waals surface area contributed by atoms with E-state index in [-0.39, 0.29) is 11.4 Å². The first-order chi connectivity index (χ1) is 8.57. The number of aliphatic hydroxyl groups is 1. The molecule has 1 saturated carbocycles. The van der Waals surface area contributed by atoms with Crippen LogP contribution < -0.4 is 4.74 Å². The van der Waals surface area contributed by atoms with Crippen molar-refractivity contribution in [2.75, 3.05) is 7.11 Å². The number of carboxylic acid groups (broad SMARTS) is 1. The summed E-state index contributed by atoms with van der Waals surface area (Å²) >= 11 is 0. The standard InChI is InChI=1S/C13H17NO4/c1-18-11-9(12(15)16)5-6-10(14-11)13(17)7-3-2-4-8-13/h5-6,17H,2-4,7-8H2,1H3,(H,15,16). The van der Waals surface area contributed by atoms with E-state index in [1.165, 1.54) is 13.2 Å². The highest BCUT2D eigenvalue weighted by atomic mass is 16.5. The number of aromatic carboxylic acids is 1. The summed E-state index contributed by atoms with van der Waals surface area (Å²) in [4.78, 5) is 15.1. The van der Waals surface area contributed by atoms with E-state index in [0.717, 1.165) is 19.3 Å². The zero-order valence-corrected chi connectivity index (χ0v) is 10.3. The molecule has 0 radical (unpaired) electrons. The number of aromatic nitrogens is 1. The first kappa shape index (κ1) is 12.8. The largest absolute Gasteiger partial charge is 0.480 e. The Morgan fingerprint density at radius 2 is 2.00 bits per heavy atom. The molecular weight excluding hydrogens is 234 g/mol. The van der Waals surface area contributed by atoms with Crippen molar-refractivity contribution < 1.29 is 19.7 Å². The molecule has 1 aromatic heterocycles. The Labute approximate surface area is 105 Å². The van der Waals surface area contributed by atoms with Gasteiger partial charge in [-0.3, -0.25) is 0 Å². The number of carboxylic acids is 1. The molecular formula is C13H17NO4. The van der Waals surface area contributed by atoms with E-state index in [2.05, 4.69) is 4.98 Å². The van der Waals surface area contributed by atoms with Crippen LogP contribution in [0.5, 0.6) is 5.88 Å². The molecule has 0 aliphatic heterocycles. The molecule has 18 heavy (non-hydrogen) atoms. The molecule has 0 saturated heterocycles. The third-order valence-electron chi connectivity index (χ3n) is 3.44. The molecule has 2 N–H and O–H groups in total. The number of hydrogen-bond donors (Lipinski definition) is 2. The smallest absolute Gasteiger partial charge is 0.341 e. The minimum absolute atomic E-state index is 0.0145. The van der Waals surface area contributed by atoms with E-state index < -0.39 is 11.6 Å². The summed E-state index contributed by atoms with van der Waals surface area (Å²) in [6.45, 7) is 0. The fraction of sp³-hybridized carbons (Fsp3) is 0.538. The predicted octanol–water partition coefficient (Wildman–Crippen LogP) is 1.94. The van der Waals surface area contributed by atoms with Crippen LogP contribution in [0.15, 0.2) is 12.1 Å². The van der Waals surface area contributed by atoms with Gasteiger partial charge in [0.1, 0.15) is 11.2 Å². The number of hydrogen-bond acceptors (Lipinski definition) is 4. The van der Waals surface area contributed by atoms with Gasteiger partial charge in [0, 0.05) is 0 Å². The SMILES string of the molecule is COc1nc(C2(O)CCCCC2)ccc1C(=O)O. The number of rotatable bonds is 3. The van der Waals surface area contributed by atoms with Crippen LogP contribution in [0.4, 0.5) is 0 Å². The monoisotopic (exact) mass is 251 g/mol. The Morgan fingerprint density at radius 1 is 1.33 bits per heavy atom. The maximum atomic E-state index is 11.0. The Balaban J connectivity index is 2.37. The average molecular weight is 251 g/mol. The second-order valence-corrected chi connectivity index (χ2v) is 4.65. The van der Waals surface area contributed by atoms with Crippen molar-refractivity contribution in [2.24, 2.45) is 0 Å². The molecule has 1 aliphatic rings. The molecule has 2 rings (SSSR count). The van der Waals surface area contributed by atoms with Gasteiger partial charge in [-0.15, -0.1) is 0 Å². The van der Waals surface area contributed by atoms with Gasteiger partial charge in [0.25, 0.3) is 0 Å². The molecule has 98 valence electrons. The molecule has 1 fully saturated rings. The molecule has 1 heterocycles. The lowest BCUT2D eigenvalue weighted by molar-refractivity contribution is -0.00512. The summed E-state index contributed by atoms with van der Waals surface area (Å²) in [5, 5.41) is 19.5. The molecule has 0 bridgehead atoms. The summed E-state index contributed by atoms with van der Waals surface area (Å²) in [5.74, 6) is -1.03. The van der Waals surface area contributed by atoms with Gasteiger partial charge in [0.15, 0.2) is 0 Å². The van der Waals surface area contributed by atoms with E-state index >= 15 is 0 Å². The van der Waals surface area contributed by atoms with Crippen LogP contribution in [-0.2, 0) is 5.60 Å². The van der Waals surface area contributed by atoms with Gasteiger partial charge in [0.2, 0.25) is 5.88 Å². The Bertz CT molecular complexity index is 452. The molecule has 0 spiro atoms. The summed E-state index contributed by atoms with van der Waals surface area (Å²) in [6, 6.07) is 3.02. The summed E-state index contributed by atoms with van der Waals surface area (Å²) in [6.07, 6.45) is 4.36. The van der Waals surface area contributed by atoms with Crippen molar-refractivity contribution in [2.45, 2.75) is 37.7 Å². The zero-order chi connectivity index (χ0) is 13.2. The number of carbonyl (C=O) groups is 1. The fourth-order valence-corrected chi connectivity index (χ4v) is 2.41. The zero-order valence-electron chi connectivity index (χ0n) is 10.3. The van der Waals surface area contributed by atoms with Gasteiger partial charge in [0.05, 0.1) is 12.8 Å². The first-order valence-corrected chi connectivity index (χ1v) is 6.08. The number of nitrogens with zero attached hydrogens (tertiary/aromatic N) is 1. The van der Waals surface area contributed by atoms with E-state index in [1.54, 1.807) is 6.07 Å². The molecule has 1 aromatic rings. The Morgan fingerprint density at radius 3 is 2.56 bits per heavy atom. The number of methoxy groups -OCH3 is 1. The third kappa shape index (κ3) is 2.31. The van der Waals surface area contributed by atoms with Gasteiger partial charge in [-0.2, -0.15) is 0 Å². The highest BCUT2D eigenvalue weighted by Gasteiger charge is 2.33. The average Bonchev–Trinajstić information content (AvgIpc) is 2.38. The van der Waals surface area contributed by atoms with E-state index in [4.69, 9.17) is 9.84 Å². The summed E-state index contributed by atoms with van der Waals surface area (Å²) in [7, 11) is 1.38. The first-order valence-electron chi connectivity index (χ1n) is 6.08. The molecule has 0 unspecified atom stereocenters. The third-order valence-corrected chi connectivity index (χ3v) is 3.44. The van der Waals surface area contributed by atoms with Crippen molar-refractivity contribution in [3.8, 4) is 5.88 Å². The van der Waals surface area contributed by atoms with Crippen LogP contribution in [0.25, 0.3) is 0 Å². The van der Waals surface area contributed by atoms with Crippen molar-refractivity contribution in [1.29, 1.82) is 0 Å². The fourth-order valence-electron chi connectivity index (χ4n) is 2.41. The minimum Gasteiger partial charge on any atom is -0.480 e. The molecule has 0 aromatic carbocycles. The van der Waals surface area contributed by atoms with Gasteiger partial charge in [-0.05, 0) is 25.0 Å². The van der Waals surface area contributed by atoms with Crippen LogP contribution in [0, 0.1) is 0 Å². The van der Waals surface area contributed by atoms with Gasteiger partial charge >= 0.3 is 5.97 Å². The number of pyridine rings is 1. The van der Waals surface area contributed by atoms with Crippen LogP contribution >= 0.6 is 0 Å². The summed E-state index contributed by atoms with van der Waals surface area (Å²) < 4.78 is 4.98. The van der Waals surface area contributed by atoms with Gasteiger partial charge < -0.3 is 14.9 Å². The predicted molar refractivity (Wildman–Crippen MR) is 64.7 cm³/mol. The second-order valence-electron chi connectivity index (χ2n) is 4.65. The maximum Gasteiger partial charge on any atom is 0.341 e. The highest BCUT2D eigenvalue weighted by molar-refractivity contribution is 5.90. The Kier molecular flexibility index (Phi) is 3.52. The van der Waals surface area contributed by atoms with E-state index in [9.17, 15) is 9.90 Å². The lowest BCUT2D eigenvalue weighted by Crippen LogP contribution is -2.29. The summed E-state index contributed by atoms with van der Waals surface area (Å²) in [5.41, 5.74) is -0.424. The normalized spacial score (nSPS) is 18.3. The van der Waals surface area contributed by atoms with Crippen molar-refractivity contribution >= 4 is 5.97 Å². The topological polar surface area (TPSA) is 79.7 Å². The molecule has 0 atom stereocenters. The maximum absolute atomic E-state index is 11.0. The van der Waals surface area contributed by atoms with Crippen molar-refractivity contribution in [3.63, 3.8) is 0 Å². The molecule has 0 amide bonds. The van der Waals surface area contributed by atoms with Crippen LogP contribution in [0.1, 0.15) is 48.2 Å². The lowest BCUT2D eigenvalue weighted by Gasteiger charge is -2.31. The lowest BCUT2D eigenvalue weighted by atomic mass is 9.82. The van der Waals surface area contributed by atoms with Gasteiger partial charge in [-0.25, -0.2) is 9.78 Å². The van der Waals surface area contributed by atoms with Crippen LogP contribution in [0.2, 0.25) is 0 Å². The highest BCUT2D eigenvalue weighted by Crippen LogP contribution is 2.36. The van der Waals surface area contributed by atoms with Gasteiger partial charge in [-0.1, -0.05) is 19.3 Å². The molecule has 5 heteroatoms. The van der Waals surface area contributed by atoms with Crippen LogP contribution in [-0.4, -0.2) is 28.3 Å². The van der Waals surface area contributed by atoms with E-state index in [0.29, 0.717) is 18.5 Å². The molecule has 1 aliphatic carbocycles. The minimum atomic E-state index is -1.08. The molecule has 5 nitrogen and oxygen atoms in total. The number of ether oxygens (including phenoxy) is 1.